The average molecular weight is 352 g/mol. The van der Waals surface area contributed by atoms with Crippen LogP contribution >= 0.6 is 22.0 Å². The first kappa shape index (κ1) is 18.5. The topological polar surface area (TPSA) is 63.2 Å². The second-order valence-corrected chi connectivity index (χ2v) is 11.0. The van der Waals surface area contributed by atoms with Crippen molar-refractivity contribution in [1.29, 1.82) is 0 Å². The molecular formula is C14H22ClNO3S2. The standard InChI is InChI=1S/C14H22ClNO3S2/c1-13(2,3)9-14(4,5)16-11(17)8-10-6-7-12(20-10)21(15,18)19/h6-7H,8-9H2,1-5H3,(H,16,17). The second kappa shape index (κ2) is 6.26. The van der Waals surface area contributed by atoms with Crippen LogP contribution in [0.3, 0.4) is 0 Å². The number of nitrogens with one attached hydrogen (secondary N) is 1. The first-order valence-electron chi connectivity index (χ1n) is 6.63. The summed E-state index contributed by atoms with van der Waals surface area (Å²) < 4.78 is 22.5. The van der Waals surface area contributed by atoms with E-state index < -0.39 is 9.05 Å². The summed E-state index contributed by atoms with van der Waals surface area (Å²) in [5.74, 6) is -0.121. The molecule has 1 amide bonds. The van der Waals surface area contributed by atoms with E-state index in [0.717, 1.165) is 17.8 Å². The van der Waals surface area contributed by atoms with Crippen LogP contribution in [0.4, 0.5) is 0 Å². The Morgan fingerprint density at radius 3 is 2.24 bits per heavy atom. The number of rotatable bonds is 5. The number of hydrogen-bond donors (Lipinski definition) is 1. The van der Waals surface area contributed by atoms with Crippen molar-refractivity contribution in [2.24, 2.45) is 5.41 Å². The zero-order valence-corrected chi connectivity index (χ0v) is 15.4. The van der Waals surface area contributed by atoms with Crippen molar-refractivity contribution in [3.63, 3.8) is 0 Å². The molecule has 7 heteroatoms. The van der Waals surface area contributed by atoms with Gasteiger partial charge in [0.25, 0.3) is 9.05 Å². The molecule has 1 rings (SSSR count). The van der Waals surface area contributed by atoms with Gasteiger partial charge in [-0.3, -0.25) is 4.79 Å². The maximum atomic E-state index is 12.1. The number of carbonyl (C=O) groups is 1. The number of carbonyl (C=O) groups excluding carboxylic acids is 1. The third kappa shape index (κ3) is 6.80. The largest absolute Gasteiger partial charge is 0.351 e. The molecule has 0 fully saturated rings. The van der Waals surface area contributed by atoms with Crippen molar-refractivity contribution in [3.8, 4) is 0 Å². The van der Waals surface area contributed by atoms with Gasteiger partial charge in [-0.1, -0.05) is 20.8 Å². The van der Waals surface area contributed by atoms with Crippen LogP contribution in [0.5, 0.6) is 0 Å². The highest BCUT2D eigenvalue weighted by molar-refractivity contribution is 8.15. The maximum absolute atomic E-state index is 12.1. The molecule has 0 radical (unpaired) electrons. The Morgan fingerprint density at radius 2 is 1.81 bits per heavy atom. The fraction of sp³-hybridized carbons (Fsp3) is 0.643. The lowest BCUT2D eigenvalue weighted by molar-refractivity contribution is -0.122. The molecule has 120 valence electrons. The van der Waals surface area contributed by atoms with Gasteiger partial charge in [-0.15, -0.1) is 11.3 Å². The number of thiophene rings is 1. The van der Waals surface area contributed by atoms with Gasteiger partial charge < -0.3 is 5.32 Å². The molecule has 0 aliphatic carbocycles. The third-order valence-electron chi connectivity index (χ3n) is 2.66. The molecule has 0 saturated heterocycles. The zero-order valence-electron chi connectivity index (χ0n) is 13.0. The highest BCUT2D eigenvalue weighted by Crippen LogP contribution is 2.28. The Labute approximate surface area is 135 Å². The molecule has 0 saturated carbocycles. The van der Waals surface area contributed by atoms with Crippen LogP contribution in [0, 0.1) is 5.41 Å². The zero-order chi connectivity index (χ0) is 16.5. The van der Waals surface area contributed by atoms with Crippen LogP contribution < -0.4 is 5.32 Å². The summed E-state index contributed by atoms with van der Waals surface area (Å²) in [4.78, 5) is 12.8. The lowest BCUT2D eigenvalue weighted by atomic mass is 9.82. The van der Waals surface area contributed by atoms with E-state index >= 15 is 0 Å². The molecule has 4 nitrogen and oxygen atoms in total. The van der Waals surface area contributed by atoms with Crippen molar-refractivity contribution in [2.75, 3.05) is 0 Å². The van der Waals surface area contributed by atoms with Crippen LogP contribution in [0.2, 0.25) is 0 Å². The van der Waals surface area contributed by atoms with E-state index in [4.69, 9.17) is 10.7 Å². The SMILES string of the molecule is CC(C)(C)CC(C)(C)NC(=O)Cc1ccc(S(=O)(=O)Cl)s1. The second-order valence-electron chi connectivity index (χ2n) is 7.00. The quantitative estimate of drug-likeness (QED) is 0.825. The normalized spacial score (nSPS) is 13.2. The summed E-state index contributed by atoms with van der Waals surface area (Å²) in [5.41, 5.74) is -0.201. The van der Waals surface area contributed by atoms with Gasteiger partial charge in [0, 0.05) is 21.1 Å². The molecule has 0 unspecified atom stereocenters. The Hall–Kier alpha value is -0.590. The molecule has 1 N–H and O–H groups in total. The van der Waals surface area contributed by atoms with Crippen LogP contribution in [-0.2, 0) is 20.3 Å². The summed E-state index contributed by atoms with van der Waals surface area (Å²) in [7, 11) is 1.55. The van der Waals surface area contributed by atoms with Gasteiger partial charge in [-0.25, -0.2) is 8.42 Å². The van der Waals surface area contributed by atoms with E-state index in [2.05, 4.69) is 26.1 Å². The first-order chi connectivity index (χ1) is 9.28. The maximum Gasteiger partial charge on any atom is 0.270 e. The van der Waals surface area contributed by atoms with Gasteiger partial charge in [0.05, 0.1) is 6.42 Å². The molecule has 0 aromatic carbocycles. The third-order valence-corrected chi connectivity index (χ3v) is 5.84. The smallest absolute Gasteiger partial charge is 0.270 e. The van der Waals surface area contributed by atoms with Crippen LogP contribution in [0.15, 0.2) is 16.3 Å². The Bertz CT molecular complexity index is 612. The van der Waals surface area contributed by atoms with E-state index in [1.807, 2.05) is 13.8 Å². The van der Waals surface area contributed by atoms with Crippen LogP contribution in [-0.4, -0.2) is 19.9 Å². The highest BCUT2D eigenvalue weighted by atomic mass is 35.7. The lowest BCUT2D eigenvalue weighted by Crippen LogP contribution is -2.46. The van der Waals surface area contributed by atoms with Crippen molar-refractivity contribution in [1.82, 2.24) is 5.32 Å². The number of halogens is 1. The van der Waals surface area contributed by atoms with E-state index in [0.29, 0.717) is 4.88 Å². The molecule has 1 heterocycles. The molecule has 0 aliphatic rings. The lowest BCUT2D eigenvalue weighted by Gasteiger charge is -2.33. The van der Waals surface area contributed by atoms with E-state index in [-0.39, 0.29) is 27.5 Å². The van der Waals surface area contributed by atoms with Gasteiger partial charge in [0.2, 0.25) is 5.91 Å². The average Bonchev–Trinajstić information content (AvgIpc) is 2.59. The molecule has 0 aliphatic heterocycles. The predicted molar refractivity (Wildman–Crippen MR) is 87.4 cm³/mol. The van der Waals surface area contributed by atoms with Gasteiger partial charge in [0.15, 0.2) is 0 Å². The predicted octanol–water partition coefficient (Wildman–Crippen LogP) is 3.55. The monoisotopic (exact) mass is 351 g/mol. The summed E-state index contributed by atoms with van der Waals surface area (Å²) >= 11 is 1.03. The van der Waals surface area contributed by atoms with Crippen molar-refractivity contribution >= 4 is 37.0 Å². The molecule has 0 spiro atoms. The number of amides is 1. The van der Waals surface area contributed by atoms with Crippen LogP contribution in [0.1, 0.15) is 45.9 Å². The van der Waals surface area contributed by atoms with E-state index in [9.17, 15) is 13.2 Å². The number of hydrogen-bond acceptors (Lipinski definition) is 4. The molecule has 0 bridgehead atoms. The minimum Gasteiger partial charge on any atom is -0.351 e. The molecule has 1 aromatic heterocycles. The minimum absolute atomic E-state index is 0.0703. The summed E-state index contributed by atoms with van der Waals surface area (Å²) in [6.45, 7) is 10.3. The Kier molecular flexibility index (Phi) is 5.51. The van der Waals surface area contributed by atoms with Crippen molar-refractivity contribution in [3.05, 3.63) is 17.0 Å². The molecule has 1 aromatic rings. The summed E-state index contributed by atoms with van der Waals surface area (Å²) in [6, 6.07) is 3.05. The molecule has 21 heavy (non-hydrogen) atoms. The highest BCUT2D eigenvalue weighted by Gasteiger charge is 2.27. The summed E-state index contributed by atoms with van der Waals surface area (Å²) in [5, 5.41) is 2.99. The van der Waals surface area contributed by atoms with Gasteiger partial charge >= 0.3 is 0 Å². The minimum atomic E-state index is -3.72. The molecule has 0 atom stereocenters. The Balaban J connectivity index is 2.68. The fourth-order valence-corrected chi connectivity index (χ4v) is 4.66. The Morgan fingerprint density at radius 1 is 1.24 bits per heavy atom. The van der Waals surface area contributed by atoms with Crippen molar-refractivity contribution in [2.45, 2.75) is 57.2 Å². The van der Waals surface area contributed by atoms with Gasteiger partial charge in [-0.05, 0) is 37.8 Å². The molecular weight excluding hydrogens is 330 g/mol. The van der Waals surface area contributed by atoms with Gasteiger partial charge in [0.1, 0.15) is 4.21 Å². The fourth-order valence-electron chi connectivity index (χ4n) is 2.53. The van der Waals surface area contributed by atoms with Crippen LogP contribution in [0.25, 0.3) is 0 Å². The van der Waals surface area contributed by atoms with Gasteiger partial charge in [-0.2, -0.15) is 0 Å². The van der Waals surface area contributed by atoms with E-state index in [1.54, 1.807) is 6.07 Å². The summed E-state index contributed by atoms with van der Waals surface area (Å²) in [6.07, 6.45) is 1.00. The van der Waals surface area contributed by atoms with E-state index in [1.165, 1.54) is 6.07 Å². The van der Waals surface area contributed by atoms with Crippen molar-refractivity contribution < 1.29 is 13.2 Å². The first-order valence-corrected chi connectivity index (χ1v) is 9.75.